The standard InChI is InChI=1S/C16H29ClN2OS/c1-16(2,13-17)15(20)19-9-6-10-21-12-14(19)11-18-7-4-3-5-8-18/h14H,3-13H2,1-2H3. The molecule has 122 valence electrons. The van der Waals surface area contributed by atoms with Crippen LogP contribution in [0.4, 0.5) is 0 Å². The minimum absolute atomic E-state index is 0.238. The highest BCUT2D eigenvalue weighted by Gasteiger charge is 2.36. The van der Waals surface area contributed by atoms with Crippen LogP contribution >= 0.6 is 23.4 Å². The number of thioether (sulfide) groups is 1. The van der Waals surface area contributed by atoms with Gasteiger partial charge in [-0.25, -0.2) is 0 Å². The monoisotopic (exact) mass is 332 g/mol. The van der Waals surface area contributed by atoms with Crippen LogP contribution < -0.4 is 0 Å². The topological polar surface area (TPSA) is 23.6 Å². The summed E-state index contributed by atoms with van der Waals surface area (Å²) < 4.78 is 0. The molecule has 3 nitrogen and oxygen atoms in total. The van der Waals surface area contributed by atoms with Gasteiger partial charge >= 0.3 is 0 Å². The van der Waals surface area contributed by atoms with E-state index in [-0.39, 0.29) is 5.91 Å². The van der Waals surface area contributed by atoms with Gasteiger partial charge in [0.1, 0.15) is 0 Å². The van der Waals surface area contributed by atoms with E-state index in [0.29, 0.717) is 11.9 Å². The number of likely N-dealkylation sites (tertiary alicyclic amines) is 1. The predicted molar refractivity (Wildman–Crippen MR) is 92.2 cm³/mol. The summed E-state index contributed by atoms with van der Waals surface area (Å²) in [6.07, 6.45) is 5.07. The van der Waals surface area contributed by atoms with Gasteiger partial charge in [-0.3, -0.25) is 4.79 Å². The van der Waals surface area contributed by atoms with E-state index in [4.69, 9.17) is 11.6 Å². The maximum atomic E-state index is 12.9. The molecular weight excluding hydrogens is 304 g/mol. The molecular formula is C16H29ClN2OS. The number of hydrogen-bond donors (Lipinski definition) is 0. The van der Waals surface area contributed by atoms with Crippen molar-refractivity contribution in [2.45, 2.75) is 45.6 Å². The van der Waals surface area contributed by atoms with E-state index in [2.05, 4.69) is 9.80 Å². The highest BCUT2D eigenvalue weighted by Crippen LogP contribution is 2.26. The average Bonchev–Trinajstić information content (AvgIpc) is 2.73. The number of carbonyl (C=O) groups excluding carboxylic acids is 1. The number of piperidine rings is 1. The molecule has 2 aliphatic heterocycles. The van der Waals surface area contributed by atoms with E-state index in [9.17, 15) is 4.79 Å². The van der Waals surface area contributed by atoms with E-state index >= 15 is 0 Å². The second-order valence-electron chi connectivity index (χ2n) is 6.96. The Bertz CT molecular complexity index is 345. The van der Waals surface area contributed by atoms with Crippen LogP contribution in [0, 0.1) is 5.41 Å². The molecule has 0 aromatic heterocycles. The number of alkyl halides is 1. The minimum atomic E-state index is -0.448. The summed E-state index contributed by atoms with van der Waals surface area (Å²) in [6.45, 7) is 8.27. The molecule has 2 fully saturated rings. The van der Waals surface area contributed by atoms with Gasteiger partial charge in [0.2, 0.25) is 5.91 Å². The van der Waals surface area contributed by atoms with Gasteiger partial charge in [-0.2, -0.15) is 11.8 Å². The Morgan fingerprint density at radius 1 is 1.19 bits per heavy atom. The van der Waals surface area contributed by atoms with Crippen molar-refractivity contribution in [2.24, 2.45) is 5.41 Å². The molecule has 5 heteroatoms. The molecule has 2 rings (SSSR count). The number of halogens is 1. The highest BCUT2D eigenvalue weighted by atomic mass is 35.5. The van der Waals surface area contributed by atoms with Crippen molar-refractivity contribution in [1.82, 2.24) is 9.80 Å². The second-order valence-corrected chi connectivity index (χ2v) is 8.38. The quantitative estimate of drug-likeness (QED) is 0.739. The molecule has 1 atom stereocenters. The number of hydrogen-bond acceptors (Lipinski definition) is 3. The van der Waals surface area contributed by atoms with Crippen molar-refractivity contribution in [2.75, 3.05) is 43.6 Å². The zero-order valence-corrected chi connectivity index (χ0v) is 15.0. The Balaban J connectivity index is 2.04. The van der Waals surface area contributed by atoms with E-state index in [0.717, 1.165) is 25.3 Å². The summed E-state index contributed by atoms with van der Waals surface area (Å²) in [5.74, 6) is 2.87. The van der Waals surface area contributed by atoms with Gasteiger partial charge in [0.05, 0.1) is 11.5 Å². The predicted octanol–water partition coefficient (Wildman–Crippen LogP) is 3.07. The average molecular weight is 333 g/mol. The Hall–Kier alpha value is 0.0700. The molecule has 0 spiro atoms. The van der Waals surface area contributed by atoms with Crippen molar-refractivity contribution in [3.63, 3.8) is 0 Å². The first-order chi connectivity index (χ1) is 10.0. The highest BCUT2D eigenvalue weighted by molar-refractivity contribution is 7.99. The third-order valence-corrected chi connectivity index (χ3v) is 6.40. The lowest BCUT2D eigenvalue weighted by Gasteiger charge is -2.38. The first kappa shape index (κ1) is 17.4. The van der Waals surface area contributed by atoms with Crippen molar-refractivity contribution in [3.8, 4) is 0 Å². The first-order valence-electron chi connectivity index (χ1n) is 8.22. The summed E-state index contributed by atoms with van der Waals surface area (Å²) in [7, 11) is 0. The Kier molecular flexibility index (Phi) is 6.70. The number of nitrogens with zero attached hydrogens (tertiary/aromatic N) is 2. The van der Waals surface area contributed by atoms with Crippen LogP contribution in [0.15, 0.2) is 0 Å². The molecule has 2 heterocycles. The normalized spacial score (nSPS) is 25.7. The molecule has 0 bridgehead atoms. The van der Waals surface area contributed by atoms with Gasteiger partial charge < -0.3 is 9.80 Å². The van der Waals surface area contributed by atoms with E-state index < -0.39 is 5.41 Å². The van der Waals surface area contributed by atoms with Gasteiger partial charge in [-0.15, -0.1) is 11.6 Å². The lowest BCUT2D eigenvalue weighted by molar-refractivity contribution is -0.141. The molecule has 21 heavy (non-hydrogen) atoms. The van der Waals surface area contributed by atoms with Crippen LogP contribution in [-0.4, -0.2) is 65.3 Å². The molecule has 0 radical (unpaired) electrons. The van der Waals surface area contributed by atoms with Crippen LogP contribution in [0.1, 0.15) is 39.5 Å². The third-order valence-electron chi connectivity index (χ3n) is 4.53. The van der Waals surface area contributed by atoms with Gasteiger partial charge in [0.25, 0.3) is 0 Å². The molecule has 0 aromatic rings. The molecule has 1 amide bonds. The lowest BCUT2D eigenvalue weighted by atomic mass is 9.93. The van der Waals surface area contributed by atoms with Gasteiger partial charge in [-0.05, 0) is 52.0 Å². The van der Waals surface area contributed by atoms with Crippen LogP contribution in [-0.2, 0) is 4.79 Å². The van der Waals surface area contributed by atoms with Crippen molar-refractivity contribution in [1.29, 1.82) is 0 Å². The zero-order chi connectivity index (χ0) is 15.3. The Morgan fingerprint density at radius 2 is 1.90 bits per heavy atom. The maximum Gasteiger partial charge on any atom is 0.229 e. The maximum absolute atomic E-state index is 12.9. The zero-order valence-electron chi connectivity index (χ0n) is 13.4. The fourth-order valence-electron chi connectivity index (χ4n) is 3.13. The number of rotatable bonds is 4. The van der Waals surface area contributed by atoms with Crippen LogP contribution in [0.5, 0.6) is 0 Å². The smallest absolute Gasteiger partial charge is 0.229 e. The van der Waals surface area contributed by atoms with E-state index in [1.54, 1.807) is 0 Å². The van der Waals surface area contributed by atoms with Crippen LogP contribution in [0.2, 0.25) is 0 Å². The van der Waals surface area contributed by atoms with Crippen molar-refractivity contribution < 1.29 is 4.79 Å². The van der Waals surface area contributed by atoms with Crippen molar-refractivity contribution >= 4 is 29.3 Å². The van der Waals surface area contributed by atoms with Crippen LogP contribution in [0.3, 0.4) is 0 Å². The SMILES string of the molecule is CC(C)(CCl)C(=O)N1CCCSCC1CN1CCCCC1. The van der Waals surface area contributed by atoms with E-state index in [1.807, 2.05) is 25.6 Å². The van der Waals surface area contributed by atoms with Gasteiger partial charge in [0, 0.05) is 24.7 Å². The first-order valence-corrected chi connectivity index (χ1v) is 9.90. The Labute approximate surface area is 138 Å². The largest absolute Gasteiger partial charge is 0.337 e. The summed E-state index contributed by atoms with van der Waals surface area (Å²) >= 11 is 8.02. The molecule has 0 aromatic carbocycles. The number of carbonyl (C=O) groups is 1. The van der Waals surface area contributed by atoms with Crippen molar-refractivity contribution in [3.05, 3.63) is 0 Å². The summed E-state index contributed by atoms with van der Waals surface area (Å²) in [6, 6.07) is 0.352. The summed E-state index contributed by atoms with van der Waals surface area (Å²) in [4.78, 5) is 17.6. The minimum Gasteiger partial charge on any atom is -0.337 e. The van der Waals surface area contributed by atoms with Gasteiger partial charge in [-0.1, -0.05) is 6.42 Å². The lowest BCUT2D eigenvalue weighted by Crippen LogP contribution is -2.53. The molecule has 0 saturated carbocycles. The fraction of sp³-hybridized carbons (Fsp3) is 0.938. The van der Waals surface area contributed by atoms with Crippen LogP contribution in [0.25, 0.3) is 0 Å². The Morgan fingerprint density at radius 3 is 2.57 bits per heavy atom. The molecule has 2 saturated heterocycles. The molecule has 0 aliphatic carbocycles. The molecule has 1 unspecified atom stereocenters. The summed E-state index contributed by atoms with van der Waals surface area (Å²) in [5.41, 5.74) is -0.448. The van der Waals surface area contributed by atoms with E-state index in [1.165, 1.54) is 38.1 Å². The molecule has 0 N–H and O–H groups in total. The fourth-order valence-corrected chi connectivity index (χ4v) is 4.31. The molecule has 2 aliphatic rings. The summed E-state index contributed by atoms with van der Waals surface area (Å²) in [5, 5.41) is 0. The third kappa shape index (κ3) is 4.77. The second kappa shape index (κ2) is 8.07. The van der Waals surface area contributed by atoms with Gasteiger partial charge in [0.15, 0.2) is 0 Å². The number of amides is 1.